The van der Waals surface area contributed by atoms with E-state index in [2.05, 4.69) is 0 Å². The molecule has 0 fully saturated rings. The average Bonchev–Trinajstić information content (AvgIpc) is 2.29. The molecule has 0 saturated heterocycles. The number of carbonyl (C=O) groups excluding carboxylic acids is 1. The summed E-state index contributed by atoms with van der Waals surface area (Å²) in [6.07, 6.45) is 0. The maximum Gasteiger partial charge on any atom is 0.260 e. The van der Waals surface area contributed by atoms with E-state index in [1.807, 2.05) is 13.8 Å². The third-order valence-corrected chi connectivity index (χ3v) is 2.36. The predicted octanol–water partition coefficient (Wildman–Crippen LogP) is 2.21. The molecule has 1 rings (SSSR count). The molecule has 1 aromatic rings. The van der Waals surface area contributed by atoms with Crippen LogP contribution >= 0.6 is 0 Å². The van der Waals surface area contributed by atoms with Crippen LogP contribution in [0, 0.1) is 11.6 Å². The lowest BCUT2D eigenvalue weighted by atomic mass is 10.3. The van der Waals surface area contributed by atoms with Crippen molar-refractivity contribution in [1.29, 1.82) is 0 Å². The Hall–Kier alpha value is -1.65. The minimum Gasteiger partial charge on any atom is -0.481 e. The van der Waals surface area contributed by atoms with Gasteiger partial charge in [0.1, 0.15) is 5.82 Å². The van der Waals surface area contributed by atoms with Crippen LogP contribution in [0.2, 0.25) is 0 Å². The highest BCUT2D eigenvalue weighted by atomic mass is 19.1. The number of carbonyl (C=O) groups is 1. The Kier molecular flexibility index (Phi) is 4.87. The molecule has 0 atom stereocenters. The number of hydrogen-bond acceptors (Lipinski definition) is 2. The molecule has 5 heteroatoms. The topological polar surface area (TPSA) is 29.5 Å². The van der Waals surface area contributed by atoms with Gasteiger partial charge >= 0.3 is 0 Å². The molecule has 0 saturated carbocycles. The Balaban J connectivity index is 2.58. The fourth-order valence-electron chi connectivity index (χ4n) is 1.40. The number of amides is 1. The molecule has 0 unspecified atom stereocenters. The Bertz CT molecular complexity index is 392. The lowest BCUT2D eigenvalue weighted by Gasteiger charge is -2.18. The summed E-state index contributed by atoms with van der Waals surface area (Å²) in [6.45, 7) is 4.60. The van der Waals surface area contributed by atoms with Crippen molar-refractivity contribution in [2.24, 2.45) is 0 Å². The number of hydrogen-bond donors (Lipinski definition) is 0. The normalized spacial score (nSPS) is 10.1. The lowest BCUT2D eigenvalue weighted by Crippen LogP contribution is -2.34. The molecule has 0 aliphatic carbocycles. The Morgan fingerprint density at radius 2 is 1.94 bits per heavy atom. The lowest BCUT2D eigenvalue weighted by molar-refractivity contribution is -0.133. The van der Waals surface area contributed by atoms with Crippen molar-refractivity contribution in [1.82, 2.24) is 4.90 Å². The zero-order valence-corrected chi connectivity index (χ0v) is 9.87. The number of nitrogens with zero attached hydrogens (tertiary/aromatic N) is 1. The number of ether oxygens (including phenoxy) is 1. The summed E-state index contributed by atoms with van der Waals surface area (Å²) in [7, 11) is 0. The first-order chi connectivity index (χ1) is 8.08. The number of benzene rings is 1. The van der Waals surface area contributed by atoms with Crippen molar-refractivity contribution in [3.63, 3.8) is 0 Å². The molecule has 0 spiro atoms. The molecule has 1 aromatic carbocycles. The molecule has 1 amide bonds. The highest BCUT2D eigenvalue weighted by Gasteiger charge is 2.12. The van der Waals surface area contributed by atoms with Crippen LogP contribution < -0.4 is 4.74 Å². The summed E-state index contributed by atoms with van der Waals surface area (Å²) in [5.41, 5.74) is 0. The van der Waals surface area contributed by atoms with Crippen LogP contribution in [0.25, 0.3) is 0 Å². The van der Waals surface area contributed by atoms with E-state index in [4.69, 9.17) is 4.74 Å². The van der Waals surface area contributed by atoms with Crippen molar-refractivity contribution < 1.29 is 18.3 Å². The van der Waals surface area contributed by atoms with Crippen LogP contribution in [0.15, 0.2) is 18.2 Å². The van der Waals surface area contributed by atoms with Crippen LogP contribution in [-0.2, 0) is 4.79 Å². The summed E-state index contributed by atoms with van der Waals surface area (Å²) >= 11 is 0. The van der Waals surface area contributed by atoms with E-state index in [1.54, 1.807) is 4.90 Å². The largest absolute Gasteiger partial charge is 0.481 e. The van der Waals surface area contributed by atoms with Crippen LogP contribution in [-0.4, -0.2) is 30.5 Å². The monoisotopic (exact) mass is 243 g/mol. The molecule has 94 valence electrons. The average molecular weight is 243 g/mol. The fourth-order valence-corrected chi connectivity index (χ4v) is 1.40. The Morgan fingerprint density at radius 1 is 1.29 bits per heavy atom. The third kappa shape index (κ3) is 3.69. The first-order valence-corrected chi connectivity index (χ1v) is 5.44. The van der Waals surface area contributed by atoms with E-state index in [0.717, 1.165) is 12.1 Å². The van der Waals surface area contributed by atoms with Gasteiger partial charge in [-0.1, -0.05) is 0 Å². The summed E-state index contributed by atoms with van der Waals surface area (Å²) < 4.78 is 30.8. The van der Waals surface area contributed by atoms with Gasteiger partial charge in [-0.2, -0.15) is 0 Å². The molecule has 0 radical (unpaired) electrons. The third-order valence-electron chi connectivity index (χ3n) is 2.36. The van der Waals surface area contributed by atoms with E-state index >= 15 is 0 Å². The van der Waals surface area contributed by atoms with Crippen molar-refractivity contribution in [2.75, 3.05) is 19.7 Å². The zero-order chi connectivity index (χ0) is 12.8. The second kappa shape index (κ2) is 6.18. The maximum absolute atomic E-state index is 13.2. The highest BCUT2D eigenvalue weighted by Crippen LogP contribution is 2.17. The summed E-state index contributed by atoms with van der Waals surface area (Å²) in [6, 6.07) is 2.97. The van der Waals surface area contributed by atoms with Gasteiger partial charge in [0.2, 0.25) is 0 Å². The SMILES string of the molecule is CCN(CC)C(=O)COc1ccc(F)cc1F. The van der Waals surface area contributed by atoms with Crippen LogP contribution in [0.4, 0.5) is 8.78 Å². The van der Waals surface area contributed by atoms with Gasteiger partial charge in [0, 0.05) is 19.2 Å². The second-order valence-electron chi connectivity index (χ2n) is 3.43. The smallest absolute Gasteiger partial charge is 0.260 e. The molecule has 0 aliphatic rings. The maximum atomic E-state index is 13.2. The first kappa shape index (κ1) is 13.4. The van der Waals surface area contributed by atoms with E-state index in [1.165, 1.54) is 6.07 Å². The van der Waals surface area contributed by atoms with Crippen molar-refractivity contribution >= 4 is 5.91 Å². The van der Waals surface area contributed by atoms with Gasteiger partial charge in [-0.15, -0.1) is 0 Å². The van der Waals surface area contributed by atoms with Gasteiger partial charge in [0.25, 0.3) is 5.91 Å². The molecule has 3 nitrogen and oxygen atoms in total. The Morgan fingerprint density at radius 3 is 2.47 bits per heavy atom. The van der Waals surface area contributed by atoms with Crippen LogP contribution in [0.1, 0.15) is 13.8 Å². The van der Waals surface area contributed by atoms with Crippen molar-refractivity contribution in [2.45, 2.75) is 13.8 Å². The summed E-state index contributed by atoms with van der Waals surface area (Å²) in [5, 5.41) is 0. The van der Waals surface area contributed by atoms with Crippen LogP contribution in [0.3, 0.4) is 0 Å². The predicted molar refractivity (Wildman–Crippen MR) is 59.8 cm³/mol. The van der Waals surface area contributed by atoms with E-state index in [-0.39, 0.29) is 18.3 Å². The standard InChI is InChI=1S/C12H15F2NO2/c1-3-15(4-2)12(16)8-17-11-6-5-9(13)7-10(11)14/h5-7H,3-4,8H2,1-2H3. The molecular formula is C12H15F2NO2. The number of halogens is 2. The Labute approximate surface area is 99.0 Å². The first-order valence-electron chi connectivity index (χ1n) is 5.44. The minimum absolute atomic E-state index is 0.119. The summed E-state index contributed by atoms with van der Waals surface area (Å²) in [5.74, 6) is -1.83. The number of likely N-dealkylation sites (N-methyl/N-ethyl adjacent to an activating group) is 1. The molecule has 17 heavy (non-hydrogen) atoms. The van der Waals surface area contributed by atoms with E-state index < -0.39 is 11.6 Å². The van der Waals surface area contributed by atoms with Crippen LogP contribution in [0.5, 0.6) is 5.75 Å². The molecule has 0 bridgehead atoms. The molecule has 0 heterocycles. The van der Waals surface area contributed by atoms with Gasteiger partial charge in [-0.3, -0.25) is 4.79 Å². The molecular weight excluding hydrogens is 228 g/mol. The number of rotatable bonds is 5. The highest BCUT2D eigenvalue weighted by molar-refractivity contribution is 5.77. The molecule has 0 aliphatic heterocycles. The quantitative estimate of drug-likeness (QED) is 0.793. The molecule has 0 N–H and O–H groups in total. The zero-order valence-electron chi connectivity index (χ0n) is 9.87. The van der Waals surface area contributed by atoms with E-state index in [9.17, 15) is 13.6 Å². The van der Waals surface area contributed by atoms with Crippen molar-refractivity contribution in [3.8, 4) is 5.75 Å². The van der Waals surface area contributed by atoms with Gasteiger partial charge < -0.3 is 9.64 Å². The van der Waals surface area contributed by atoms with Gasteiger partial charge in [0.15, 0.2) is 18.2 Å². The summed E-state index contributed by atoms with van der Waals surface area (Å²) in [4.78, 5) is 13.1. The van der Waals surface area contributed by atoms with Gasteiger partial charge in [-0.25, -0.2) is 8.78 Å². The minimum atomic E-state index is -0.808. The van der Waals surface area contributed by atoms with Gasteiger partial charge in [-0.05, 0) is 26.0 Å². The molecule has 0 aromatic heterocycles. The fraction of sp³-hybridized carbons (Fsp3) is 0.417. The second-order valence-corrected chi connectivity index (χ2v) is 3.43. The van der Waals surface area contributed by atoms with Crippen molar-refractivity contribution in [3.05, 3.63) is 29.8 Å². The van der Waals surface area contributed by atoms with E-state index in [0.29, 0.717) is 13.1 Å². The van der Waals surface area contributed by atoms with Gasteiger partial charge in [0.05, 0.1) is 0 Å².